The normalized spacial score (nSPS) is 15.1. The summed E-state index contributed by atoms with van der Waals surface area (Å²) in [6, 6.07) is 16.5. The number of hydrogen-bond acceptors (Lipinski definition) is 3. The molecule has 1 fully saturated rings. The van der Waals surface area contributed by atoms with Crippen LogP contribution in [0.3, 0.4) is 0 Å². The molecule has 5 nitrogen and oxygen atoms in total. The third kappa shape index (κ3) is 8.11. The van der Waals surface area contributed by atoms with Gasteiger partial charge < -0.3 is 15.5 Å². The van der Waals surface area contributed by atoms with E-state index in [-0.39, 0.29) is 17.7 Å². The highest BCUT2D eigenvalue weighted by molar-refractivity contribution is 6.02. The van der Waals surface area contributed by atoms with Gasteiger partial charge in [-0.2, -0.15) is 0 Å². The first-order valence-corrected chi connectivity index (χ1v) is 13.9. The van der Waals surface area contributed by atoms with Gasteiger partial charge in [0.05, 0.1) is 5.56 Å². The second-order valence-corrected chi connectivity index (χ2v) is 10.7. The van der Waals surface area contributed by atoms with Crippen LogP contribution in [-0.4, -0.2) is 31.4 Å². The molecule has 5 heteroatoms. The Hall–Kier alpha value is -2.82. The number of unbranched alkanes of at least 4 members (excludes halogenated alkanes) is 1. The van der Waals surface area contributed by atoms with Gasteiger partial charge in [0, 0.05) is 36.9 Å². The highest BCUT2D eigenvalue weighted by Crippen LogP contribution is 2.30. The van der Waals surface area contributed by atoms with E-state index in [1.54, 1.807) is 0 Å². The minimum absolute atomic E-state index is 0.00601. The van der Waals surface area contributed by atoms with Crippen LogP contribution in [0.15, 0.2) is 48.5 Å². The number of nitrogens with zero attached hydrogens (tertiary/aromatic N) is 1. The Morgan fingerprint density at radius 2 is 1.75 bits per heavy atom. The predicted octanol–water partition coefficient (Wildman–Crippen LogP) is 6.69. The average Bonchev–Trinajstić information content (AvgIpc) is 2.89. The Bertz CT molecular complexity index is 965. The van der Waals surface area contributed by atoms with Crippen molar-refractivity contribution in [1.29, 1.82) is 0 Å². The van der Waals surface area contributed by atoms with Crippen LogP contribution in [0.5, 0.6) is 0 Å². The summed E-state index contributed by atoms with van der Waals surface area (Å²) >= 11 is 0. The molecule has 1 unspecified atom stereocenters. The van der Waals surface area contributed by atoms with Crippen molar-refractivity contribution in [3.63, 3.8) is 0 Å². The highest BCUT2D eigenvalue weighted by Gasteiger charge is 2.24. The minimum atomic E-state index is -0.0702. The van der Waals surface area contributed by atoms with Crippen LogP contribution < -0.4 is 15.5 Å². The summed E-state index contributed by atoms with van der Waals surface area (Å²) in [6.45, 7) is 10.9. The first kappa shape index (κ1) is 27.8. The number of amides is 2. The summed E-state index contributed by atoms with van der Waals surface area (Å²) in [4.78, 5) is 28.5. The molecule has 1 atom stereocenters. The molecule has 2 aromatic rings. The zero-order chi connectivity index (χ0) is 25.9. The van der Waals surface area contributed by atoms with Crippen LogP contribution in [0.25, 0.3) is 0 Å². The molecular formula is C31H45N3O2. The number of rotatable bonds is 12. The van der Waals surface area contributed by atoms with Gasteiger partial charge in [-0.3, -0.25) is 9.59 Å². The lowest BCUT2D eigenvalue weighted by atomic mass is 9.89. The summed E-state index contributed by atoms with van der Waals surface area (Å²) < 4.78 is 0. The second kappa shape index (κ2) is 14.1. The lowest BCUT2D eigenvalue weighted by Gasteiger charge is -2.35. The van der Waals surface area contributed by atoms with Gasteiger partial charge in [0.1, 0.15) is 0 Å². The SMILES string of the molecule is CCCCC(CC)C(=O)Nc1ccc(N2CCC(Cc3ccccc3)CC2)c(C(=O)NCC(C)C)c1. The van der Waals surface area contributed by atoms with E-state index in [4.69, 9.17) is 0 Å². The molecule has 1 saturated heterocycles. The van der Waals surface area contributed by atoms with E-state index in [1.165, 1.54) is 5.56 Å². The molecular weight excluding hydrogens is 446 g/mol. The number of nitrogens with one attached hydrogen (secondary N) is 2. The van der Waals surface area contributed by atoms with Gasteiger partial charge >= 0.3 is 0 Å². The molecule has 0 saturated carbocycles. The molecule has 0 aliphatic carbocycles. The van der Waals surface area contributed by atoms with Gasteiger partial charge in [0.2, 0.25) is 5.91 Å². The van der Waals surface area contributed by atoms with Crippen LogP contribution in [0.1, 0.15) is 82.1 Å². The lowest BCUT2D eigenvalue weighted by Crippen LogP contribution is -2.36. The van der Waals surface area contributed by atoms with E-state index < -0.39 is 0 Å². The summed E-state index contributed by atoms with van der Waals surface area (Å²) in [5.74, 6) is 1.02. The minimum Gasteiger partial charge on any atom is -0.371 e. The molecule has 1 aliphatic heterocycles. The largest absolute Gasteiger partial charge is 0.371 e. The highest BCUT2D eigenvalue weighted by atomic mass is 16.2. The van der Waals surface area contributed by atoms with Crippen molar-refractivity contribution in [3.05, 3.63) is 59.7 Å². The van der Waals surface area contributed by atoms with Gasteiger partial charge in [0.25, 0.3) is 5.91 Å². The zero-order valence-electron chi connectivity index (χ0n) is 22.7. The molecule has 0 bridgehead atoms. The number of piperidine rings is 1. The quantitative estimate of drug-likeness (QED) is 0.348. The topological polar surface area (TPSA) is 61.4 Å². The van der Waals surface area contributed by atoms with Crippen LogP contribution in [0.4, 0.5) is 11.4 Å². The summed E-state index contributed by atoms with van der Waals surface area (Å²) in [5, 5.41) is 6.17. The van der Waals surface area contributed by atoms with Crippen molar-refractivity contribution in [3.8, 4) is 0 Å². The van der Waals surface area contributed by atoms with Crippen LogP contribution in [0.2, 0.25) is 0 Å². The first-order chi connectivity index (χ1) is 17.4. The van der Waals surface area contributed by atoms with Gasteiger partial charge in [0.15, 0.2) is 0 Å². The lowest BCUT2D eigenvalue weighted by molar-refractivity contribution is -0.120. The molecule has 1 aliphatic rings. The van der Waals surface area contributed by atoms with Gasteiger partial charge in [-0.1, -0.05) is 70.9 Å². The predicted molar refractivity (Wildman–Crippen MR) is 151 cm³/mol. The van der Waals surface area contributed by atoms with Crippen molar-refractivity contribution in [2.24, 2.45) is 17.8 Å². The Morgan fingerprint density at radius 3 is 2.39 bits per heavy atom. The molecule has 3 rings (SSSR count). The smallest absolute Gasteiger partial charge is 0.253 e. The van der Waals surface area contributed by atoms with Crippen LogP contribution in [-0.2, 0) is 11.2 Å². The monoisotopic (exact) mass is 491 g/mol. The molecule has 2 amide bonds. The fourth-order valence-electron chi connectivity index (χ4n) is 5.00. The standard InChI is InChI=1S/C31H45N3O2/c1-5-7-13-26(6-2)30(35)33-27-14-15-29(28(21-27)31(36)32-22-23(3)4)34-18-16-25(17-19-34)20-24-11-9-8-10-12-24/h8-12,14-15,21,23,25-26H,5-7,13,16-20,22H2,1-4H3,(H,32,36)(H,33,35). The third-order valence-corrected chi connectivity index (χ3v) is 7.27. The van der Waals surface area contributed by atoms with Crippen molar-refractivity contribution in [2.45, 2.75) is 72.6 Å². The Balaban J connectivity index is 1.73. The third-order valence-electron chi connectivity index (χ3n) is 7.27. The van der Waals surface area contributed by atoms with Crippen LogP contribution >= 0.6 is 0 Å². The van der Waals surface area contributed by atoms with E-state index in [0.717, 1.165) is 63.7 Å². The second-order valence-electron chi connectivity index (χ2n) is 10.7. The molecule has 196 valence electrons. The fourth-order valence-corrected chi connectivity index (χ4v) is 5.00. The average molecular weight is 492 g/mol. The van der Waals surface area contributed by atoms with E-state index in [2.05, 4.69) is 73.6 Å². The van der Waals surface area contributed by atoms with E-state index in [9.17, 15) is 9.59 Å². The van der Waals surface area contributed by atoms with E-state index in [1.807, 2.05) is 18.2 Å². The number of anilines is 2. The summed E-state index contributed by atoms with van der Waals surface area (Å²) in [6.07, 6.45) is 7.18. The molecule has 36 heavy (non-hydrogen) atoms. The number of carbonyl (C=O) groups excluding carboxylic acids is 2. The number of benzene rings is 2. The van der Waals surface area contributed by atoms with Gasteiger partial charge in [-0.05, 0) is 67.7 Å². The van der Waals surface area contributed by atoms with Crippen molar-refractivity contribution in [1.82, 2.24) is 5.32 Å². The maximum Gasteiger partial charge on any atom is 0.253 e. The Morgan fingerprint density at radius 1 is 1.03 bits per heavy atom. The molecule has 1 heterocycles. The van der Waals surface area contributed by atoms with Gasteiger partial charge in [-0.25, -0.2) is 0 Å². The summed E-state index contributed by atoms with van der Waals surface area (Å²) in [7, 11) is 0. The zero-order valence-corrected chi connectivity index (χ0v) is 22.7. The number of hydrogen-bond donors (Lipinski definition) is 2. The van der Waals surface area contributed by atoms with Crippen molar-refractivity contribution >= 4 is 23.2 Å². The van der Waals surface area contributed by atoms with Crippen molar-refractivity contribution < 1.29 is 9.59 Å². The Labute approximate surface area is 218 Å². The van der Waals surface area contributed by atoms with Gasteiger partial charge in [-0.15, -0.1) is 0 Å². The van der Waals surface area contributed by atoms with E-state index in [0.29, 0.717) is 29.6 Å². The molecule has 2 N–H and O–H groups in total. The molecule has 0 spiro atoms. The van der Waals surface area contributed by atoms with Crippen molar-refractivity contribution in [2.75, 3.05) is 29.9 Å². The summed E-state index contributed by atoms with van der Waals surface area (Å²) in [5.41, 5.74) is 3.71. The molecule has 2 aromatic carbocycles. The molecule has 0 radical (unpaired) electrons. The first-order valence-electron chi connectivity index (χ1n) is 13.9. The maximum atomic E-state index is 13.2. The maximum absolute atomic E-state index is 13.2. The fraction of sp³-hybridized carbons (Fsp3) is 0.548. The number of carbonyl (C=O) groups is 2. The van der Waals surface area contributed by atoms with E-state index >= 15 is 0 Å². The van der Waals surface area contributed by atoms with Crippen LogP contribution in [0, 0.1) is 17.8 Å². The molecule has 0 aromatic heterocycles. The Kier molecular flexibility index (Phi) is 10.8.